The summed E-state index contributed by atoms with van der Waals surface area (Å²) >= 11 is 11.6. The number of para-hydroxylation sites is 1. The normalized spacial score (nSPS) is 10.1. The largest absolute Gasteiger partial charge is 0.507 e. The Bertz CT molecular complexity index is 748. The van der Waals surface area contributed by atoms with Gasteiger partial charge in [-0.25, -0.2) is 0 Å². The topological polar surface area (TPSA) is 78.4 Å². The molecule has 0 fully saturated rings. The van der Waals surface area contributed by atoms with Crippen LogP contribution in [0.4, 0.5) is 0 Å². The van der Waals surface area contributed by atoms with E-state index < -0.39 is 11.8 Å². The highest BCUT2D eigenvalue weighted by Gasteiger charge is 2.14. The second-order valence-corrected chi connectivity index (χ2v) is 5.32. The number of aromatic hydroxyl groups is 1. The van der Waals surface area contributed by atoms with Gasteiger partial charge in [-0.3, -0.25) is 20.4 Å². The first kappa shape index (κ1) is 16.1. The Hall–Kier alpha value is -2.24. The van der Waals surface area contributed by atoms with E-state index in [1.807, 2.05) is 0 Å². The maximum atomic E-state index is 11.9. The quantitative estimate of drug-likeness (QED) is 0.736. The lowest BCUT2D eigenvalue weighted by Crippen LogP contribution is -2.41. The smallest absolute Gasteiger partial charge is 0.273 e. The molecule has 0 spiro atoms. The van der Waals surface area contributed by atoms with Gasteiger partial charge in [-0.05, 0) is 36.8 Å². The maximum absolute atomic E-state index is 11.9. The third kappa shape index (κ3) is 3.50. The standard InChI is InChI=1S/C15H12Cl2N2O3/c1-8-3-2-4-10(13(8)20)15(22)19-18-14(21)9-5-6-11(16)12(17)7-9/h2-7,20H,1H3,(H,18,21)(H,19,22). The summed E-state index contributed by atoms with van der Waals surface area (Å²) in [6.45, 7) is 1.67. The molecule has 0 aliphatic rings. The Kier molecular flexibility index (Phi) is 4.90. The van der Waals surface area contributed by atoms with Crippen LogP contribution in [0.2, 0.25) is 10.0 Å². The Morgan fingerprint density at radius 1 is 1.00 bits per heavy atom. The van der Waals surface area contributed by atoms with Gasteiger partial charge in [0.1, 0.15) is 5.75 Å². The van der Waals surface area contributed by atoms with Crippen LogP contribution in [-0.4, -0.2) is 16.9 Å². The number of carbonyl (C=O) groups is 2. The predicted molar refractivity (Wildman–Crippen MR) is 84.2 cm³/mol. The van der Waals surface area contributed by atoms with Gasteiger partial charge in [-0.2, -0.15) is 0 Å². The summed E-state index contributed by atoms with van der Waals surface area (Å²) in [5.74, 6) is -1.32. The van der Waals surface area contributed by atoms with E-state index in [-0.39, 0.29) is 21.9 Å². The van der Waals surface area contributed by atoms with Crippen LogP contribution < -0.4 is 10.9 Å². The van der Waals surface area contributed by atoms with E-state index in [9.17, 15) is 14.7 Å². The maximum Gasteiger partial charge on any atom is 0.273 e. The van der Waals surface area contributed by atoms with Crippen LogP contribution in [0.3, 0.4) is 0 Å². The SMILES string of the molecule is Cc1cccc(C(=O)NNC(=O)c2ccc(Cl)c(Cl)c2)c1O. The minimum atomic E-state index is -0.630. The number of phenolic OH excluding ortho intramolecular Hbond substituents is 1. The molecule has 22 heavy (non-hydrogen) atoms. The fourth-order valence-electron chi connectivity index (χ4n) is 1.73. The molecule has 114 valence electrons. The minimum Gasteiger partial charge on any atom is -0.507 e. The van der Waals surface area contributed by atoms with Crippen molar-refractivity contribution in [1.29, 1.82) is 0 Å². The van der Waals surface area contributed by atoms with Crippen LogP contribution in [0.1, 0.15) is 26.3 Å². The van der Waals surface area contributed by atoms with E-state index in [0.717, 1.165) is 0 Å². The lowest BCUT2D eigenvalue weighted by Gasteiger charge is -2.10. The van der Waals surface area contributed by atoms with Crippen molar-refractivity contribution in [3.63, 3.8) is 0 Å². The number of benzene rings is 2. The number of hydrogen-bond donors (Lipinski definition) is 3. The first-order valence-electron chi connectivity index (χ1n) is 6.24. The monoisotopic (exact) mass is 338 g/mol. The summed E-state index contributed by atoms with van der Waals surface area (Å²) < 4.78 is 0. The van der Waals surface area contributed by atoms with E-state index in [0.29, 0.717) is 10.6 Å². The molecule has 0 saturated carbocycles. The number of hydrogen-bond acceptors (Lipinski definition) is 3. The molecule has 0 saturated heterocycles. The third-order valence-electron chi connectivity index (χ3n) is 2.95. The van der Waals surface area contributed by atoms with E-state index in [1.165, 1.54) is 24.3 Å². The summed E-state index contributed by atoms with van der Waals surface area (Å²) in [5.41, 5.74) is 5.33. The molecule has 2 aromatic carbocycles. The Morgan fingerprint density at radius 2 is 1.68 bits per heavy atom. The zero-order chi connectivity index (χ0) is 16.3. The molecule has 2 rings (SSSR count). The number of carbonyl (C=O) groups excluding carboxylic acids is 2. The van der Waals surface area contributed by atoms with Gasteiger partial charge < -0.3 is 5.11 Å². The fourth-order valence-corrected chi connectivity index (χ4v) is 2.03. The molecule has 2 amide bonds. The van der Waals surface area contributed by atoms with E-state index in [4.69, 9.17) is 23.2 Å². The third-order valence-corrected chi connectivity index (χ3v) is 3.69. The average Bonchev–Trinajstić information content (AvgIpc) is 2.50. The van der Waals surface area contributed by atoms with Crippen LogP contribution in [0.25, 0.3) is 0 Å². The molecule has 0 radical (unpaired) electrons. The van der Waals surface area contributed by atoms with Crippen molar-refractivity contribution in [2.75, 3.05) is 0 Å². The highest BCUT2D eigenvalue weighted by molar-refractivity contribution is 6.42. The van der Waals surface area contributed by atoms with E-state index in [2.05, 4.69) is 10.9 Å². The summed E-state index contributed by atoms with van der Waals surface area (Å²) in [6, 6.07) is 9.08. The second kappa shape index (κ2) is 6.68. The minimum absolute atomic E-state index is 0.0643. The summed E-state index contributed by atoms with van der Waals surface area (Å²) in [6.07, 6.45) is 0. The highest BCUT2D eigenvalue weighted by atomic mass is 35.5. The van der Waals surface area contributed by atoms with Gasteiger partial charge in [0.15, 0.2) is 0 Å². The van der Waals surface area contributed by atoms with Crippen LogP contribution in [0.5, 0.6) is 5.75 Å². The second-order valence-electron chi connectivity index (χ2n) is 4.51. The van der Waals surface area contributed by atoms with Crippen LogP contribution in [0.15, 0.2) is 36.4 Å². The summed E-state index contributed by atoms with van der Waals surface area (Å²) in [4.78, 5) is 23.8. The Balaban J connectivity index is 2.06. The lowest BCUT2D eigenvalue weighted by atomic mass is 10.1. The molecule has 2 aromatic rings. The summed E-state index contributed by atoms with van der Waals surface area (Å²) in [5, 5.41) is 10.4. The van der Waals surface area contributed by atoms with Crippen LogP contribution >= 0.6 is 23.2 Å². The molecule has 5 nitrogen and oxygen atoms in total. The van der Waals surface area contributed by atoms with E-state index in [1.54, 1.807) is 19.1 Å². The highest BCUT2D eigenvalue weighted by Crippen LogP contribution is 2.23. The van der Waals surface area contributed by atoms with Crippen molar-refractivity contribution in [1.82, 2.24) is 10.9 Å². The van der Waals surface area contributed by atoms with Gasteiger partial charge >= 0.3 is 0 Å². The zero-order valence-electron chi connectivity index (χ0n) is 11.5. The number of hydrazine groups is 1. The molecular formula is C15H12Cl2N2O3. The van der Waals surface area contributed by atoms with Crippen LogP contribution in [0, 0.1) is 6.92 Å². The number of aryl methyl sites for hydroxylation is 1. The van der Waals surface area contributed by atoms with Gasteiger partial charge in [0.2, 0.25) is 0 Å². The number of halogens is 2. The molecule has 0 heterocycles. The molecule has 0 aliphatic heterocycles. The lowest BCUT2D eigenvalue weighted by molar-refractivity contribution is 0.0845. The van der Waals surface area contributed by atoms with Crippen molar-refractivity contribution in [2.45, 2.75) is 6.92 Å². The van der Waals surface area contributed by atoms with Crippen molar-refractivity contribution >= 4 is 35.0 Å². The first-order valence-corrected chi connectivity index (χ1v) is 7.00. The van der Waals surface area contributed by atoms with Crippen molar-refractivity contribution in [3.8, 4) is 5.75 Å². The molecule has 3 N–H and O–H groups in total. The molecular weight excluding hydrogens is 327 g/mol. The Morgan fingerprint density at radius 3 is 2.36 bits per heavy atom. The summed E-state index contributed by atoms with van der Waals surface area (Å²) in [7, 11) is 0. The van der Waals surface area contributed by atoms with Gasteiger partial charge in [-0.1, -0.05) is 35.3 Å². The number of amides is 2. The van der Waals surface area contributed by atoms with Crippen molar-refractivity contribution < 1.29 is 14.7 Å². The van der Waals surface area contributed by atoms with Crippen molar-refractivity contribution in [3.05, 3.63) is 63.1 Å². The zero-order valence-corrected chi connectivity index (χ0v) is 13.0. The van der Waals surface area contributed by atoms with Gasteiger partial charge in [0.25, 0.3) is 11.8 Å². The molecule has 7 heteroatoms. The predicted octanol–water partition coefficient (Wildman–Crippen LogP) is 3.08. The number of rotatable bonds is 2. The molecule has 0 bridgehead atoms. The molecule has 0 aromatic heterocycles. The average molecular weight is 339 g/mol. The first-order chi connectivity index (χ1) is 10.4. The van der Waals surface area contributed by atoms with Crippen LogP contribution in [-0.2, 0) is 0 Å². The fraction of sp³-hybridized carbons (Fsp3) is 0.0667. The van der Waals surface area contributed by atoms with Gasteiger partial charge in [-0.15, -0.1) is 0 Å². The number of nitrogens with one attached hydrogen (secondary N) is 2. The van der Waals surface area contributed by atoms with Crippen molar-refractivity contribution in [2.24, 2.45) is 0 Å². The Labute approximate surface area is 136 Å². The van der Waals surface area contributed by atoms with Gasteiger partial charge in [0, 0.05) is 5.56 Å². The molecule has 0 unspecified atom stereocenters. The van der Waals surface area contributed by atoms with Gasteiger partial charge in [0.05, 0.1) is 15.6 Å². The number of phenols is 1. The van der Waals surface area contributed by atoms with E-state index >= 15 is 0 Å². The molecule has 0 aliphatic carbocycles. The molecule has 0 atom stereocenters.